The van der Waals surface area contributed by atoms with E-state index < -0.39 is 0 Å². The summed E-state index contributed by atoms with van der Waals surface area (Å²) in [6, 6.07) is 0. The highest BCUT2D eigenvalue weighted by Crippen LogP contribution is 2.24. The van der Waals surface area contributed by atoms with Crippen LogP contribution in [0.25, 0.3) is 0 Å². The number of amides is 1. The molecular weight excluding hydrogens is 218 g/mol. The van der Waals surface area contributed by atoms with E-state index in [4.69, 9.17) is 4.52 Å². The van der Waals surface area contributed by atoms with Gasteiger partial charge < -0.3 is 15.2 Å². The van der Waals surface area contributed by atoms with Crippen LogP contribution in [0.4, 0.5) is 0 Å². The van der Waals surface area contributed by atoms with Gasteiger partial charge in [0.2, 0.25) is 5.76 Å². The molecule has 2 rings (SSSR count). The van der Waals surface area contributed by atoms with E-state index in [-0.39, 0.29) is 11.3 Å². The summed E-state index contributed by atoms with van der Waals surface area (Å²) in [7, 11) is 0. The van der Waals surface area contributed by atoms with Gasteiger partial charge in [0.15, 0.2) is 0 Å². The first-order chi connectivity index (χ1) is 8.11. The standard InChI is InChI=1S/C12H19N3O2/c1-9-6-15-17-10(9)11(16)14-8-12(2)4-3-5-13-7-12/h6,13H,3-5,7-8H2,1-2H3,(H,14,16). The van der Waals surface area contributed by atoms with Gasteiger partial charge in [-0.3, -0.25) is 4.79 Å². The Labute approximate surface area is 101 Å². The fraction of sp³-hybridized carbons (Fsp3) is 0.667. The summed E-state index contributed by atoms with van der Waals surface area (Å²) in [6.07, 6.45) is 3.85. The highest BCUT2D eigenvalue weighted by molar-refractivity contribution is 5.92. The molecule has 2 heterocycles. The molecule has 1 unspecified atom stereocenters. The minimum Gasteiger partial charge on any atom is -0.351 e. The number of aromatic nitrogens is 1. The molecule has 0 saturated carbocycles. The molecule has 0 radical (unpaired) electrons. The topological polar surface area (TPSA) is 67.2 Å². The van der Waals surface area contributed by atoms with Gasteiger partial charge >= 0.3 is 0 Å². The van der Waals surface area contributed by atoms with Gasteiger partial charge in [0.25, 0.3) is 5.91 Å². The van der Waals surface area contributed by atoms with E-state index in [1.165, 1.54) is 0 Å². The fourth-order valence-electron chi connectivity index (χ4n) is 2.15. The first-order valence-corrected chi connectivity index (χ1v) is 6.01. The zero-order valence-electron chi connectivity index (χ0n) is 10.4. The van der Waals surface area contributed by atoms with E-state index in [0.717, 1.165) is 31.5 Å². The second-order valence-electron chi connectivity index (χ2n) is 5.11. The molecule has 17 heavy (non-hydrogen) atoms. The fourth-order valence-corrected chi connectivity index (χ4v) is 2.15. The average Bonchev–Trinajstić information content (AvgIpc) is 2.74. The van der Waals surface area contributed by atoms with Crippen LogP contribution in [0.3, 0.4) is 0 Å². The number of rotatable bonds is 3. The Bertz CT molecular complexity index is 394. The Kier molecular flexibility index (Phi) is 3.47. The second kappa shape index (κ2) is 4.87. The van der Waals surface area contributed by atoms with Gasteiger partial charge in [0.1, 0.15) is 0 Å². The molecule has 0 spiro atoms. The number of nitrogens with one attached hydrogen (secondary N) is 2. The van der Waals surface area contributed by atoms with Crippen molar-refractivity contribution in [3.05, 3.63) is 17.5 Å². The van der Waals surface area contributed by atoms with Crippen molar-refractivity contribution in [1.82, 2.24) is 15.8 Å². The van der Waals surface area contributed by atoms with Crippen LogP contribution in [0.2, 0.25) is 0 Å². The summed E-state index contributed by atoms with van der Waals surface area (Å²) in [4.78, 5) is 11.8. The molecule has 1 aliphatic rings. The molecule has 1 amide bonds. The molecule has 5 heteroatoms. The molecule has 1 saturated heterocycles. The monoisotopic (exact) mass is 237 g/mol. The molecule has 2 N–H and O–H groups in total. The predicted octanol–water partition coefficient (Wildman–Crippen LogP) is 1.10. The Morgan fingerprint density at radius 2 is 2.53 bits per heavy atom. The smallest absolute Gasteiger partial charge is 0.290 e. The van der Waals surface area contributed by atoms with Gasteiger partial charge in [-0.15, -0.1) is 0 Å². The second-order valence-corrected chi connectivity index (χ2v) is 5.11. The molecule has 0 aromatic carbocycles. The predicted molar refractivity (Wildman–Crippen MR) is 63.8 cm³/mol. The van der Waals surface area contributed by atoms with Crippen LogP contribution in [-0.2, 0) is 0 Å². The van der Waals surface area contributed by atoms with Crippen molar-refractivity contribution in [2.24, 2.45) is 5.41 Å². The van der Waals surface area contributed by atoms with Gasteiger partial charge in [0.05, 0.1) is 6.20 Å². The summed E-state index contributed by atoms with van der Waals surface area (Å²) in [5.41, 5.74) is 0.913. The molecule has 1 aliphatic heterocycles. The summed E-state index contributed by atoms with van der Waals surface area (Å²) < 4.78 is 4.92. The van der Waals surface area contributed by atoms with Crippen LogP contribution in [0.15, 0.2) is 10.7 Å². The lowest BCUT2D eigenvalue weighted by Crippen LogP contribution is -2.45. The van der Waals surface area contributed by atoms with E-state index in [9.17, 15) is 4.79 Å². The van der Waals surface area contributed by atoms with E-state index >= 15 is 0 Å². The Balaban J connectivity index is 1.90. The van der Waals surface area contributed by atoms with Crippen molar-refractivity contribution in [3.8, 4) is 0 Å². The minimum absolute atomic E-state index is 0.141. The van der Waals surface area contributed by atoms with E-state index in [0.29, 0.717) is 12.3 Å². The molecule has 0 aliphatic carbocycles. The van der Waals surface area contributed by atoms with E-state index in [2.05, 4.69) is 22.7 Å². The number of hydrogen-bond donors (Lipinski definition) is 2. The molecule has 94 valence electrons. The van der Waals surface area contributed by atoms with Crippen molar-refractivity contribution in [3.63, 3.8) is 0 Å². The third kappa shape index (κ3) is 2.85. The lowest BCUT2D eigenvalue weighted by molar-refractivity contribution is 0.0887. The van der Waals surface area contributed by atoms with Crippen molar-refractivity contribution < 1.29 is 9.32 Å². The summed E-state index contributed by atoms with van der Waals surface area (Å²) in [5.74, 6) is 0.143. The van der Waals surface area contributed by atoms with Crippen LogP contribution >= 0.6 is 0 Å². The third-order valence-electron chi connectivity index (χ3n) is 3.32. The van der Waals surface area contributed by atoms with E-state index in [1.54, 1.807) is 6.20 Å². The van der Waals surface area contributed by atoms with Crippen LogP contribution < -0.4 is 10.6 Å². The van der Waals surface area contributed by atoms with Gasteiger partial charge in [-0.25, -0.2) is 0 Å². The summed E-state index contributed by atoms with van der Waals surface area (Å²) in [6.45, 7) is 6.69. The minimum atomic E-state index is -0.174. The molecule has 0 bridgehead atoms. The number of nitrogens with zero attached hydrogens (tertiary/aromatic N) is 1. The van der Waals surface area contributed by atoms with Gasteiger partial charge in [-0.2, -0.15) is 0 Å². The van der Waals surface area contributed by atoms with Crippen molar-refractivity contribution in [1.29, 1.82) is 0 Å². The number of carbonyl (C=O) groups is 1. The summed E-state index contributed by atoms with van der Waals surface area (Å²) in [5, 5.41) is 9.89. The first kappa shape index (κ1) is 12.1. The largest absolute Gasteiger partial charge is 0.351 e. The highest BCUT2D eigenvalue weighted by atomic mass is 16.5. The SMILES string of the molecule is Cc1cnoc1C(=O)NCC1(C)CCCNC1. The van der Waals surface area contributed by atoms with Gasteiger partial charge in [-0.1, -0.05) is 12.1 Å². The van der Waals surface area contributed by atoms with E-state index in [1.807, 2.05) is 6.92 Å². The molecule has 1 aromatic heterocycles. The highest BCUT2D eigenvalue weighted by Gasteiger charge is 2.27. The Hall–Kier alpha value is -1.36. The van der Waals surface area contributed by atoms with Crippen LogP contribution in [0.5, 0.6) is 0 Å². The maximum atomic E-state index is 11.8. The number of hydrogen-bond acceptors (Lipinski definition) is 4. The Morgan fingerprint density at radius 1 is 1.71 bits per heavy atom. The summed E-state index contributed by atoms with van der Waals surface area (Å²) >= 11 is 0. The molecule has 5 nitrogen and oxygen atoms in total. The Morgan fingerprint density at radius 3 is 3.12 bits per heavy atom. The van der Waals surface area contributed by atoms with Crippen molar-refractivity contribution in [2.45, 2.75) is 26.7 Å². The molecule has 1 atom stereocenters. The maximum Gasteiger partial charge on any atom is 0.290 e. The number of piperidine rings is 1. The van der Waals surface area contributed by atoms with Crippen LogP contribution in [-0.4, -0.2) is 30.7 Å². The van der Waals surface area contributed by atoms with Crippen molar-refractivity contribution >= 4 is 5.91 Å². The average molecular weight is 237 g/mol. The maximum absolute atomic E-state index is 11.8. The normalized spacial score (nSPS) is 24.6. The number of carbonyl (C=O) groups excluding carboxylic acids is 1. The van der Waals surface area contributed by atoms with Crippen LogP contribution in [0.1, 0.15) is 35.9 Å². The van der Waals surface area contributed by atoms with Crippen LogP contribution in [0, 0.1) is 12.3 Å². The molecule has 1 aromatic rings. The van der Waals surface area contributed by atoms with Gasteiger partial charge in [0, 0.05) is 18.7 Å². The third-order valence-corrected chi connectivity index (χ3v) is 3.32. The quantitative estimate of drug-likeness (QED) is 0.826. The molecular formula is C12H19N3O2. The number of aryl methyl sites for hydroxylation is 1. The lowest BCUT2D eigenvalue weighted by Gasteiger charge is -2.34. The van der Waals surface area contributed by atoms with Crippen molar-refractivity contribution in [2.75, 3.05) is 19.6 Å². The lowest BCUT2D eigenvalue weighted by atomic mass is 9.83. The molecule has 1 fully saturated rings. The van der Waals surface area contributed by atoms with Gasteiger partial charge in [-0.05, 0) is 31.7 Å². The zero-order chi connectivity index (χ0) is 12.3. The zero-order valence-corrected chi connectivity index (χ0v) is 10.4. The first-order valence-electron chi connectivity index (χ1n) is 6.01.